The van der Waals surface area contributed by atoms with E-state index >= 15 is 0 Å². The maximum absolute atomic E-state index is 13.2. The molecule has 3 rings (SSSR count). The standard InChI is InChI=1S/C29H35N3O2/c1-31(2)19-18-30-26-14-10-23(11-15-26)12-16-28(33)27-22-25(24-8-6-5-7-9-24)13-17-29(27)34-21-20-32(3)4/h5-17,22,30H,18-21H2,1-4H3. The van der Waals surface area contributed by atoms with Crippen molar-refractivity contribution >= 4 is 17.5 Å². The van der Waals surface area contributed by atoms with Gasteiger partial charge in [-0.2, -0.15) is 0 Å². The van der Waals surface area contributed by atoms with E-state index in [1.165, 1.54) is 0 Å². The van der Waals surface area contributed by atoms with Crippen LogP contribution in [0.1, 0.15) is 15.9 Å². The van der Waals surface area contributed by atoms with Crippen molar-refractivity contribution in [3.05, 3.63) is 90.0 Å². The lowest BCUT2D eigenvalue weighted by molar-refractivity contribution is 0.104. The smallest absolute Gasteiger partial charge is 0.189 e. The van der Waals surface area contributed by atoms with Crippen molar-refractivity contribution < 1.29 is 9.53 Å². The van der Waals surface area contributed by atoms with Gasteiger partial charge in [0.1, 0.15) is 12.4 Å². The number of likely N-dealkylation sites (N-methyl/N-ethyl adjacent to an activating group) is 2. The molecule has 0 aliphatic heterocycles. The Hall–Kier alpha value is -3.41. The molecule has 0 heterocycles. The van der Waals surface area contributed by atoms with Crippen molar-refractivity contribution in [2.24, 2.45) is 0 Å². The second-order valence-corrected chi connectivity index (χ2v) is 8.78. The first-order chi connectivity index (χ1) is 16.4. The van der Waals surface area contributed by atoms with Crippen LogP contribution in [0, 0.1) is 0 Å². The molecule has 0 fully saturated rings. The number of carbonyl (C=O) groups excluding carboxylic acids is 1. The van der Waals surface area contributed by atoms with Gasteiger partial charge in [0.05, 0.1) is 5.56 Å². The number of carbonyl (C=O) groups is 1. The van der Waals surface area contributed by atoms with Crippen LogP contribution in [0.5, 0.6) is 5.75 Å². The SMILES string of the molecule is CN(C)CCNc1ccc(C=CC(=O)c2cc(-c3ccccc3)ccc2OCCN(C)C)cc1. The molecule has 3 aromatic carbocycles. The second-order valence-electron chi connectivity index (χ2n) is 8.78. The maximum Gasteiger partial charge on any atom is 0.189 e. The summed E-state index contributed by atoms with van der Waals surface area (Å²) in [7, 11) is 8.11. The number of nitrogens with one attached hydrogen (secondary N) is 1. The van der Waals surface area contributed by atoms with Crippen LogP contribution >= 0.6 is 0 Å². The summed E-state index contributed by atoms with van der Waals surface area (Å²) in [6.07, 6.45) is 3.47. The molecule has 0 atom stereocenters. The number of hydrogen-bond acceptors (Lipinski definition) is 5. The van der Waals surface area contributed by atoms with Gasteiger partial charge in [0, 0.05) is 25.3 Å². The molecule has 178 valence electrons. The fraction of sp³-hybridized carbons (Fsp3) is 0.276. The Morgan fingerprint density at radius 1 is 0.853 bits per heavy atom. The van der Waals surface area contributed by atoms with Gasteiger partial charge < -0.3 is 19.9 Å². The van der Waals surface area contributed by atoms with Gasteiger partial charge in [-0.3, -0.25) is 4.79 Å². The number of nitrogens with zero attached hydrogens (tertiary/aromatic N) is 2. The van der Waals surface area contributed by atoms with Gasteiger partial charge in [0.2, 0.25) is 0 Å². The molecule has 3 aromatic rings. The van der Waals surface area contributed by atoms with Gasteiger partial charge in [0.25, 0.3) is 0 Å². The number of hydrogen-bond donors (Lipinski definition) is 1. The van der Waals surface area contributed by atoms with E-state index in [0.29, 0.717) is 17.9 Å². The number of anilines is 1. The average Bonchev–Trinajstić information content (AvgIpc) is 2.83. The largest absolute Gasteiger partial charge is 0.491 e. The van der Waals surface area contributed by atoms with Gasteiger partial charge in [0.15, 0.2) is 5.78 Å². The molecule has 0 aromatic heterocycles. The Bertz CT molecular complexity index is 1070. The maximum atomic E-state index is 13.2. The topological polar surface area (TPSA) is 44.8 Å². The van der Waals surface area contributed by atoms with Crippen LogP contribution in [-0.2, 0) is 0 Å². The van der Waals surface area contributed by atoms with Crippen molar-refractivity contribution in [1.29, 1.82) is 0 Å². The van der Waals surface area contributed by atoms with E-state index in [2.05, 4.69) is 29.2 Å². The minimum Gasteiger partial charge on any atom is -0.491 e. The third-order valence-corrected chi connectivity index (χ3v) is 5.37. The van der Waals surface area contributed by atoms with E-state index in [0.717, 1.165) is 42.0 Å². The number of allylic oxidation sites excluding steroid dienone is 1. The van der Waals surface area contributed by atoms with Gasteiger partial charge >= 0.3 is 0 Å². The molecule has 0 unspecified atom stereocenters. The first kappa shape index (κ1) is 25.2. The quantitative estimate of drug-likeness (QED) is 0.301. The van der Waals surface area contributed by atoms with Crippen LogP contribution in [0.3, 0.4) is 0 Å². The van der Waals surface area contributed by atoms with Crippen LogP contribution in [0.4, 0.5) is 5.69 Å². The zero-order chi connectivity index (χ0) is 24.3. The second kappa shape index (κ2) is 12.7. The van der Waals surface area contributed by atoms with Crippen LogP contribution in [0.15, 0.2) is 78.9 Å². The Balaban J connectivity index is 1.76. The molecular weight excluding hydrogens is 422 g/mol. The van der Waals surface area contributed by atoms with Crippen molar-refractivity contribution in [2.75, 3.05) is 59.7 Å². The molecule has 1 N–H and O–H groups in total. The number of rotatable bonds is 12. The lowest BCUT2D eigenvalue weighted by Crippen LogP contribution is -2.20. The Morgan fingerprint density at radius 3 is 2.24 bits per heavy atom. The van der Waals surface area contributed by atoms with Gasteiger partial charge in [-0.25, -0.2) is 0 Å². The van der Waals surface area contributed by atoms with Crippen LogP contribution in [0.2, 0.25) is 0 Å². The highest BCUT2D eigenvalue weighted by Crippen LogP contribution is 2.28. The lowest BCUT2D eigenvalue weighted by atomic mass is 10.00. The van der Waals surface area contributed by atoms with E-state index in [-0.39, 0.29) is 5.78 Å². The molecule has 0 spiro atoms. The fourth-order valence-corrected chi connectivity index (χ4v) is 3.39. The Labute approximate surface area is 203 Å². The van der Waals surface area contributed by atoms with E-state index in [1.807, 2.05) is 93.0 Å². The summed E-state index contributed by atoms with van der Waals surface area (Å²) in [5.74, 6) is 0.530. The van der Waals surface area contributed by atoms with Gasteiger partial charge in [-0.15, -0.1) is 0 Å². The summed E-state index contributed by atoms with van der Waals surface area (Å²) in [5, 5.41) is 3.40. The zero-order valence-electron chi connectivity index (χ0n) is 20.6. The predicted octanol–water partition coefficient (Wildman–Crippen LogP) is 5.16. The van der Waals surface area contributed by atoms with Crippen LogP contribution in [-0.4, -0.2) is 70.0 Å². The summed E-state index contributed by atoms with van der Waals surface area (Å²) >= 11 is 0. The number of benzene rings is 3. The fourth-order valence-electron chi connectivity index (χ4n) is 3.39. The summed E-state index contributed by atoms with van der Waals surface area (Å²) in [4.78, 5) is 17.4. The normalized spacial score (nSPS) is 11.4. The lowest BCUT2D eigenvalue weighted by Gasteiger charge is -2.14. The molecule has 0 saturated carbocycles. The van der Waals surface area contributed by atoms with Gasteiger partial charge in [-0.1, -0.05) is 54.6 Å². The molecule has 0 amide bonds. The number of ether oxygens (including phenoxy) is 1. The molecule has 34 heavy (non-hydrogen) atoms. The van der Waals surface area contributed by atoms with Crippen LogP contribution in [0.25, 0.3) is 17.2 Å². The molecular formula is C29H35N3O2. The third-order valence-electron chi connectivity index (χ3n) is 5.37. The number of ketones is 1. The Morgan fingerprint density at radius 2 is 1.56 bits per heavy atom. The minimum atomic E-state index is -0.0779. The highest BCUT2D eigenvalue weighted by atomic mass is 16.5. The van der Waals surface area contributed by atoms with Crippen molar-refractivity contribution in [3.63, 3.8) is 0 Å². The highest BCUT2D eigenvalue weighted by Gasteiger charge is 2.13. The Kier molecular flexibility index (Phi) is 9.44. The minimum absolute atomic E-state index is 0.0779. The van der Waals surface area contributed by atoms with Crippen molar-refractivity contribution in [2.45, 2.75) is 0 Å². The van der Waals surface area contributed by atoms with Gasteiger partial charge in [-0.05, 0) is 75.2 Å². The van der Waals surface area contributed by atoms with E-state index in [1.54, 1.807) is 6.08 Å². The highest BCUT2D eigenvalue weighted by molar-refractivity contribution is 6.09. The molecule has 5 nitrogen and oxygen atoms in total. The summed E-state index contributed by atoms with van der Waals surface area (Å²) in [6.45, 7) is 3.15. The van der Waals surface area contributed by atoms with E-state index in [9.17, 15) is 4.79 Å². The first-order valence-corrected chi connectivity index (χ1v) is 11.6. The third kappa shape index (κ3) is 7.87. The predicted molar refractivity (Wildman–Crippen MR) is 143 cm³/mol. The van der Waals surface area contributed by atoms with Crippen LogP contribution < -0.4 is 10.1 Å². The van der Waals surface area contributed by atoms with Crippen molar-refractivity contribution in [1.82, 2.24) is 9.80 Å². The summed E-state index contributed by atoms with van der Waals surface area (Å²) < 4.78 is 5.97. The monoisotopic (exact) mass is 457 g/mol. The van der Waals surface area contributed by atoms with Crippen molar-refractivity contribution in [3.8, 4) is 16.9 Å². The molecule has 0 aliphatic carbocycles. The van der Waals surface area contributed by atoms with E-state index in [4.69, 9.17) is 4.74 Å². The summed E-state index contributed by atoms with van der Waals surface area (Å²) in [6, 6.07) is 24.0. The summed E-state index contributed by atoms with van der Waals surface area (Å²) in [5.41, 5.74) is 4.67. The molecule has 0 saturated heterocycles. The zero-order valence-corrected chi connectivity index (χ0v) is 20.6. The first-order valence-electron chi connectivity index (χ1n) is 11.6. The molecule has 5 heteroatoms. The molecule has 0 bridgehead atoms. The molecule has 0 radical (unpaired) electrons. The van der Waals surface area contributed by atoms with E-state index < -0.39 is 0 Å². The average molecular weight is 458 g/mol. The molecule has 0 aliphatic rings.